The van der Waals surface area contributed by atoms with E-state index < -0.39 is 5.97 Å². The molecule has 3 aromatic rings. The quantitative estimate of drug-likeness (QED) is 0.204. The third kappa shape index (κ3) is 6.31. The Morgan fingerprint density at radius 2 is 1.86 bits per heavy atom. The Balaban J connectivity index is 2.08. The second kappa shape index (κ2) is 12.1. The van der Waals surface area contributed by atoms with Crippen LogP contribution in [-0.2, 0) is 9.53 Å². The van der Waals surface area contributed by atoms with Gasteiger partial charge in [-0.3, -0.25) is 4.79 Å². The van der Waals surface area contributed by atoms with Crippen molar-refractivity contribution in [2.75, 3.05) is 19.8 Å². The number of nitrogens with zero attached hydrogens (tertiary/aromatic N) is 3. The van der Waals surface area contributed by atoms with Crippen LogP contribution in [0.4, 0.5) is 0 Å². The molecule has 0 aliphatic rings. The average Bonchev–Trinajstić information content (AvgIpc) is 2.81. The molecule has 0 aliphatic heterocycles. The lowest BCUT2D eigenvalue weighted by molar-refractivity contribution is -0.145. The summed E-state index contributed by atoms with van der Waals surface area (Å²) in [6, 6.07) is 7.10. The predicted octanol–water partition coefficient (Wildman–Crippen LogP) is 6.03. The minimum absolute atomic E-state index is 0.0410. The van der Waals surface area contributed by atoms with E-state index in [1.54, 1.807) is 31.3 Å². The molecule has 0 unspecified atom stereocenters. The normalized spacial score (nSPS) is 11.4. The molecule has 8 nitrogen and oxygen atoms in total. The zero-order valence-electron chi connectivity index (χ0n) is 19.6. The molecule has 1 heterocycles. The molecule has 0 fully saturated rings. The lowest BCUT2D eigenvalue weighted by atomic mass is 10.2. The van der Waals surface area contributed by atoms with Gasteiger partial charge in [0, 0.05) is 20.4 Å². The van der Waals surface area contributed by atoms with Crippen LogP contribution in [0.2, 0.25) is 0 Å². The molecule has 0 N–H and O–H groups in total. The van der Waals surface area contributed by atoms with Gasteiger partial charge in [0.05, 0.1) is 34.8 Å². The highest BCUT2D eigenvalue weighted by Gasteiger charge is 2.19. The second-order valence-electron chi connectivity index (χ2n) is 7.60. The highest BCUT2D eigenvalue weighted by atomic mass is 79.9. The molecular formula is C24H24Br3N3O5. The predicted molar refractivity (Wildman–Crippen MR) is 146 cm³/mol. The van der Waals surface area contributed by atoms with Gasteiger partial charge < -0.3 is 14.2 Å². The molecule has 0 amide bonds. The molecule has 0 spiro atoms. The number of hydrogen-bond acceptors (Lipinski definition) is 7. The standard InChI is InChI=1S/C24H24Br3N3O5/c1-5-33-18-9-14(20(26)21(27)22(18)35-12-19(31)34-6-2)11-28-30-23(13(3)4)29-17-8-7-15(25)10-16(17)24(30)32/h7-11,13H,5-6,12H2,1-4H3. The molecule has 0 aliphatic carbocycles. The second-order valence-corrected chi connectivity index (χ2v) is 10.1. The molecule has 0 saturated heterocycles. The van der Waals surface area contributed by atoms with Gasteiger partial charge in [-0.15, -0.1) is 0 Å². The van der Waals surface area contributed by atoms with Gasteiger partial charge in [0.2, 0.25) is 0 Å². The third-order valence-corrected chi connectivity index (χ3v) is 7.39. The maximum atomic E-state index is 13.3. The van der Waals surface area contributed by atoms with Crippen molar-refractivity contribution < 1.29 is 19.0 Å². The van der Waals surface area contributed by atoms with E-state index >= 15 is 0 Å². The van der Waals surface area contributed by atoms with Gasteiger partial charge in [-0.2, -0.15) is 9.78 Å². The molecule has 2 aromatic carbocycles. The summed E-state index contributed by atoms with van der Waals surface area (Å²) in [7, 11) is 0. The Kier molecular flexibility index (Phi) is 9.48. The highest BCUT2D eigenvalue weighted by Crippen LogP contribution is 2.42. The van der Waals surface area contributed by atoms with Crippen molar-refractivity contribution in [3.05, 3.63) is 59.4 Å². The first-order valence-corrected chi connectivity index (χ1v) is 13.3. The Labute approximate surface area is 228 Å². The van der Waals surface area contributed by atoms with Gasteiger partial charge in [-0.05, 0) is 70.0 Å². The van der Waals surface area contributed by atoms with Gasteiger partial charge in [0.15, 0.2) is 18.1 Å². The van der Waals surface area contributed by atoms with Gasteiger partial charge in [-0.1, -0.05) is 29.8 Å². The number of esters is 1. The Bertz CT molecular complexity index is 1340. The maximum Gasteiger partial charge on any atom is 0.344 e. The van der Waals surface area contributed by atoms with Crippen LogP contribution in [0, 0.1) is 0 Å². The van der Waals surface area contributed by atoms with Crippen LogP contribution >= 0.6 is 47.8 Å². The number of hydrogen-bond donors (Lipinski definition) is 0. The zero-order valence-corrected chi connectivity index (χ0v) is 24.4. The van der Waals surface area contributed by atoms with Gasteiger partial charge in [-0.25, -0.2) is 9.78 Å². The van der Waals surface area contributed by atoms with Crippen LogP contribution in [0.1, 0.15) is 45.0 Å². The summed E-state index contributed by atoms with van der Waals surface area (Å²) >= 11 is 10.5. The van der Waals surface area contributed by atoms with E-state index in [9.17, 15) is 9.59 Å². The third-order valence-electron chi connectivity index (χ3n) is 4.76. The van der Waals surface area contributed by atoms with E-state index in [1.807, 2.05) is 26.8 Å². The van der Waals surface area contributed by atoms with E-state index in [2.05, 4.69) is 57.9 Å². The lowest BCUT2D eigenvalue weighted by Crippen LogP contribution is -2.23. The molecular weight excluding hydrogens is 650 g/mol. The van der Waals surface area contributed by atoms with Crippen molar-refractivity contribution in [1.29, 1.82) is 0 Å². The fraction of sp³-hybridized carbons (Fsp3) is 0.333. The van der Waals surface area contributed by atoms with Crippen LogP contribution in [0.3, 0.4) is 0 Å². The van der Waals surface area contributed by atoms with Crippen molar-refractivity contribution >= 4 is 70.9 Å². The van der Waals surface area contributed by atoms with Crippen molar-refractivity contribution in [2.24, 2.45) is 5.10 Å². The molecule has 186 valence electrons. The molecule has 11 heteroatoms. The average molecular weight is 674 g/mol. The minimum atomic E-state index is -0.486. The van der Waals surface area contributed by atoms with Crippen LogP contribution in [0.5, 0.6) is 11.5 Å². The van der Waals surface area contributed by atoms with Crippen LogP contribution in [-0.4, -0.2) is 41.7 Å². The Morgan fingerprint density at radius 3 is 2.51 bits per heavy atom. The fourth-order valence-corrected chi connectivity index (χ4v) is 4.50. The highest BCUT2D eigenvalue weighted by molar-refractivity contribution is 9.13. The van der Waals surface area contributed by atoms with Gasteiger partial charge >= 0.3 is 5.97 Å². The van der Waals surface area contributed by atoms with E-state index in [4.69, 9.17) is 14.2 Å². The minimum Gasteiger partial charge on any atom is -0.490 e. The van der Waals surface area contributed by atoms with E-state index in [-0.39, 0.29) is 24.7 Å². The Morgan fingerprint density at radius 1 is 1.11 bits per heavy atom. The number of ether oxygens (including phenoxy) is 3. The maximum absolute atomic E-state index is 13.3. The van der Waals surface area contributed by atoms with Crippen molar-refractivity contribution in [2.45, 2.75) is 33.6 Å². The summed E-state index contributed by atoms with van der Waals surface area (Å²) < 4.78 is 19.6. The van der Waals surface area contributed by atoms with Gasteiger partial charge in [0.1, 0.15) is 5.82 Å². The summed E-state index contributed by atoms with van der Waals surface area (Å²) in [5, 5.41) is 4.95. The fourth-order valence-electron chi connectivity index (χ4n) is 3.20. The summed E-state index contributed by atoms with van der Waals surface area (Å²) in [6.45, 7) is 7.84. The molecule has 1 aromatic heterocycles. The summed E-state index contributed by atoms with van der Waals surface area (Å²) in [4.78, 5) is 29.7. The van der Waals surface area contributed by atoms with Gasteiger partial charge in [0.25, 0.3) is 5.56 Å². The van der Waals surface area contributed by atoms with Crippen molar-refractivity contribution in [3.63, 3.8) is 0 Å². The molecule has 0 radical (unpaired) electrons. The zero-order chi connectivity index (χ0) is 25.7. The monoisotopic (exact) mass is 671 g/mol. The van der Waals surface area contributed by atoms with Crippen LogP contribution in [0.25, 0.3) is 10.9 Å². The smallest absolute Gasteiger partial charge is 0.344 e. The first-order valence-electron chi connectivity index (χ1n) is 10.9. The van der Waals surface area contributed by atoms with E-state index in [0.717, 1.165) is 4.47 Å². The van der Waals surface area contributed by atoms with E-state index in [1.165, 1.54) is 4.68 Å². The molecule has 0 bridgehead atoms. The topological polar surface area (TPSA) is 92.0 Å². The lowest BCUT2D eigenvalue weighted by Gasteiger charge is -2.16. The largest absolute Gasteiger partial charge is 0.490 e. The SMILES string of the molecule is CCOC(=O)COc1c(OCC)cc(C=Nn2c(C(C)C)nc3ccc(Br)cc3c2=O)c(Br)c1Br. The molecule has 35 heavy (non-hydrogen) atoms. The number of rotatable bonds is 9. The first-order chi connectivity index (χ1) is 16.7. The number of carbonyl (C=O) groups excluding carboxylic acids is 1. The summed E-state index contributed by atoms with van der Waals surface area (Å²) in [5.74, 6) is 0.766. The molecule has 0 saturated carbocycles. The number of aromatic nitrogens is 2. The number of halogens is 3. The summed E-state index contributed by atoms with van der Waals surface area (Å²) in [6.07, 6.45) is 1.55. The van der Waals surface area contributed by atoms with Crippen LogP contribution in [0.15, 0.2) is 47.6 Å². The molecule has 0 atom stereocenters. The van der Waals surface area contributed by atoms with Crippen molar-refractivity contribution in [1.82, 2.24) is 9.66 Å². The van der Waals surface area contributed by atoms with E-state index in [0.29, 0.717) is 49.3 Å². The number of carbonyl (C=O) groups is 1. The first kappa shape index (κ1) is 27.3. The number of fused-ring (bicyclic) bond motifs is 1. The molecule has 3 rings (SSSR count). The number of benzene rings is 2. The van der Waals surface area contributed by atoms with Crippen LogP contribution < -0.4 is 15.0 Å². The Hall–Kier alpha value is -2.24. The van der Waals surface area contributed by atoms with Crippen molar-refractivity contribution in [3.8, 4) is 11.5 Å². The summed E-state index contributed by atoms with van der Waals surface area (Å²) in [5.41, 5.74) is 0.963.